The Kier molecular flexibility index (Phi) is 3.48. The van der Waals surface area contributed by atoms with Crippen LogP contribution in [0, 0.1) is 5.92 Å². The summed E-state index contributed by atoms with van der Waals surface area (Å²) in [6, 6.07) is 5.70. The molecule has 1 amide bonds. The number of fused-ring (bicyclic) bond motifs is 1. The van der Waals surface area contributed by atoms with E-state index < -0.39 is 0 Å². The van der Waals surface area contributed by atoms with Crippen molar-refractivity contribution in [2.45, 2.75) is 6.42 Å². The van der Waals surface area contributed by atoms with Crippen LogP contribution in [-0.2, 0) is 0 Å². The molecule has 19 heavy (non-hydrogen) atoms. The number of nitrogens with zero attached hydrogens (tertiary/aromatic N) is 2. The molecule has 100 valence electrons. The normalized spacial score (nSPS) is 19.9. The molecule has 4 nitrogen and oxygen atoms in total. The number of amides is 1. The van der Waals surface area contributed by atoms with Crippen LogP contribution in [0.4, 0.5) is 0 Å². The third-order valence-electron chi connectivity index (χ3n) is 3.63. The summed E-state index contributed by atoms with van der Waals surface area (Å²) in [7, 11) is 2.12. The third-order valence-corrected chi connectivity index (χ3v) is 4.44. The zero-order chi connectivity index (χ0) is 13.2. The lowest BCUT2D eigenvalue weighted by Crippen LogP contribution is -2.30. The lowest BCUT2D eigenvalue weighted by atomic mass is 10.1. The van der Waals surface area contributed by atoms with Gasteiger partial charge in [-0.2, -0.15) is 0 Å². The van der Waals surface area contributed by atoms with Crippen molar-refractivity contribution in [3.8, 4) is 0 Å². The quantitative estimate of drug-likeness (QED) is 0.931. The summed E-state index contributed by atoms with van der Waals surface area (Å²) in [4.78, 5) is 18.6. The molecular weight excluding hydrogens is 258 g/mol. The maximum absolute atomic E-state index is 12.1. The number of aromatic nitrogens is 1. The Hall–Kier alpha value is -1.46. The van der Waals surface area contributed by atoms with Crippen LogP contribution in [0.15, 0.2) is 23.7 Å². The van der Waals surface area contributed by atoms with Gasteiger partial charge >= 0.3 is 0 Å². The number of hydrogen-bond acceptors (Lipinski definition) is 4. The van der Waals surface area contributed by atoms with Crippen molar-refractivity contribution in [1.82, 2.24) is 15.2 Å². The second-order valence-electron chi connectivity index (χ2n) is 5.16. The van der Waals surface area contributed by atoms with Crippen molar-refractivity contribution in [3.63, 3.8) is 0 Å². The largest absolute Gasteiger partial charge is 0.352 e. The fourth-order valence-corrected chi connectivity index (χ4v) is 3.19. The highest BCUT2D eigenvalue weighted by atomic mass is 32.1. The average Bonchev–Trinajstić information content (AvgIpc) is 3.03. The van der Waals surface area contributed by atoms with Crippen molar-refractivity contribution >= 4 is 27.5 Å². The van der Waals surface area contributed by atoms with Gasteiger partial charge in [-0.15, -0.1) is 11.3 Å². The lowest BCUT2D eigenvalue weighted by molar-refractivity contribution is 0.0947. The zero-order valence-electron chi connectivity index (χ0n) is 10.9. The predicted octanol–water partition coefficient (Wildman–Crippen LogP) is 1.98. The Morgan fingerprint density at radius 1 is 1.58 bits per heavy atom. The molecule has 2 aromatic rings. The van der Waals surface area contributed by atoms with Crippen molar-refractivity contribution in [2.24, 2.45) is 5.92 Å². The molecule has 1 atom stereocenters. The molecule has 0 aliphatic carbocycles. The maximum Gasteiger partial charge on any atom is 0.251 e. The van der Waals surface area contributed by atoms with E-state index in [4.69, 9.17) is 0 Å². The highest BCUT2D eigenvalue weighted by molar-refractivity contribution is 7.16. The van der Waals surface area contributed by atoms with E-state index in [0.717, 1.165) is 29.9 Å². The Balaban J connectivity index is 1.63. The van der Waals surface area contributed by atoms with Gasteiger partial charge in [0.2, 0.25) is 0 Å². The molecule has 1 N–H and O–H groups in total. The van der Waals surface area contributed by atoms with Gasteiger partial charge in [0.15, 0.2) is 0 Å². The van der Waals surface area contributed by atoms with Crippen molar-refractivity contribution in [3.05, 3.63) is 29.3 Å². The summed E-state index contributed by atoms with van der Waals surface area (Å²) in [5.41, 5.74) is 3.41. The number of thiazole rings is 1. The first-order valence-corrected chi connectivity index (χ1v) is 7.40. The summed E-state index contributed by atoms with van der Waals surface area (Å²) in [6.45, 7) is 2.97. The molecule has 1 aromatic heterocycles. The number of nitrogens with one attached hydrogen (secondary N) is 1. The van der Waals surface area contributed by atoms with E-state index >= 15 is 0 Å². The minimum atomic E-state index is 0.00412. The minimum Gasteiger partial charge on any atom is -0.352 e. The van der Waals surface area contributed by atoms with Crippen LogP contribution in [0.2, 0.25) is 0 Å². The molecule has 5 heteroatoms. The molecule has 2 heterocycles. The van der Waals surface area contributed by atoms with E-state index in [9.17, 15) is 4.79 Å². The van der Waals surface area contributed by atoms with Crippen LogP contribution >= 0.6 is 11.3 Å². The number of likely N-dealkylation sites (tertiary alicyclic amines) is 1. The molecule has 0 saturated carbocycles. The van der Waals surface area contributed by atoms with E-state index in [0.29, 0.717) is 11.5 Å². The molecule has 1 aliphatic rings. The molecule has 0 unspecified atom stereocenters. The first-order valence-electron chi connectivity index (χ1n) is 6.52. The standard InChI is InChI=1S/C14H17N3OS/c1-17-5-4-10(8-17)7-15-14(18)11-2-3-13-12(6-11)16-9-19-13/h2-3,6,9-10H,4-5,7-8H2,1H3,(H,15,18)/t10-/m1/s1. The van der Waals surface area contributed by atoms with Crippen molar-refractivity contribution < 1.29 is 4.79 Å². The van der Waals surface area contributed by atoms with Gasteiger partial charge in [-0.1, -0.05) is 0 Å². The number of hydrogen-bond donors (Lipinski definition) is 1. The van der Waals surface area contributed by atoms with Gasteiger partial charge in [-0.25, -0.2) is 4.98 Å². The van der Waals surface area contributed by atoms with Gasteiger partial charge in [0, 0.05) is 18.7 Å². The average molecular weight is 275 g/mol. The van der Waals surface area contributed by atoms with Crippen molar-refractivity contribution in [2.75, 3.05) is 26.7 Å². The number of benzene rings is 1. The fraction of sp³-hybridized carbons (Fsp3) is 0.429. The lowest BCUT2D eigenvalue weighted by Gasteiger charge is -2.11. The Labute approximate surface area is 116 Å². The van der Waals surface area contributed by atoms with Gasteiger partial charge in [0.05, 0.1) is 15.7 Å². The van der Waals surface area contributed by atoms with Crippen LogP contribution in [0.5, 0.6) is 0 Å². The molecule has 1 aliphatic heterocycles. The SMILES string of the molecule is CN1CC[C@H](CNC(=O)c2ccc3scnc3c2)C1. The second-order valence-corrected chi connectivity index (χ2v) is 6.05. The van der Waals surface area contributed by atoms with E-state index in [2.05, 4.69) is 22.2 Å². The van der Waals surface area contributed by atoms with Gasteiger partial charge in [-0.3, -0.25) is 4.79 Å². The molecule has 1 saturated heterocycles. The van der Waals surface area contributed by atoms with Crippen LogP contribution < -0.4 is 5.32 Å². The molecule has 0 radical (unpaired) electrons. The van der Waals surface area contributed by atoms with Gasteiger partial charge in [-0.05, 0) is 44.1 Å². The molecule has 0 bridgehead atoms. The second kappa shape index (κ2) is 5.27. The monoisotopic (exact) mass is 275 g/mol. The van der Waals surface area contributed by atoms with E-state index in [1.54, 1.807) is 16.8 Å². The van der Waals surface area contributed by atoms with Gasteiger partial charge in [0.25, 0.3) is 5.91 Å². The Morgan fingerprint density at radius 3 is 3.26 bits per heavy atom. The third kappa shape index (κ3) is 2.77. The summed E-state index contributed by atoms with van der Waals surface area (Å²) in [5, 5.41) is 3.03. The van der Waals surface area contributed by atoms with Crippen LogP contribution in [0.3, 0.4) is 0 Å². The van der Waals surface area contributed by atoms with Crippen molar-refractivity contribution in [1.29, 1.82) is 0 Å². The molecular formula is C14H17N3OS. The first-order chi connectivity index (χ1) is 9.22. The van der Waals surface area contributed by atoms with Gasteiger partial charge in [0.1, 0.15) is 0 Å². The Bertz CT molecular complexity index is 595. The first kappa shape index (κ1) is 12.6. The fourth-order valence-electron chi connectivity index (χ4n) is 2.53. The zero-order valence-corrected chi connectivity index (χ0v) is 11.7. The van der Waals surface area contributed by atoms with E-state index in [-0.39, 0.29) is 5.91 Å². The topological polar surface area (TPSA) is 45.2 Å². The van der Waals surface area contributed by atoms with Crippen LogP contribution in [0.25, 0.3) is 10.2 Å². The minimum absolute atomic E-state index is 0.00412. The van der Waals surface area contributed by atoms with Gasteiger partial charge < -0.3 is 10.2 Å². The number of carbonyl (C=O) groups is 1. The molecule has 3 rings (SSSR count). The molecule has 1 aromatic carbocycles. The van der Waals surface area contributed by atoms with Crippen LogP contribution in [-0.4, -0.2) is 42.5 Å². The summed E-state index contributed by atoms with van der Waals surface area (Å²) < 4.78 is 1.12. The molecule has 0 spiro atoms. The smallest absolute Gasteiger partial charge is 0.251 e. The highest BCUT2D eigenvalue weighted by Crippen LogP contribution is 2.19. The predicted molar refractivity (Wildman–Crippen MR) is 77.6 cm³/mol. The Morgan fingerprint density at radius 2 is 2.47 bits per heavy atom. The van der Waals surface area contributed by atoms with E-state index in [1.807, 2.05) is 18.2 Å². The van der Waals surface area contributed by atoms with E-state index in [1.165, 1.54) is 6.42 Å². The summed E-state index contributed by atoms with van der Waals surface area (Å²) >= 11 is 1.59. The summed E-state index contributed by atoms with van der Waals surface area (Å²) in [6.07, 6.45) is 1.17. The number of rotatable bonds is 3. The van der Waals surface area contributed by atoms with Crippen LogP contribution in [0.1, 0.15) is 16.8 Å². The maximum atomic E-state index is 12.1. The highest BCUT2D eigenvalue weighted by Gasteiger charge is 2.20. The molecule has 1 fully saturated rings. The summed E-state index contributed by atoms with van der Waals surface area (Å²) in [5.74, 6) is 0.585. The number of carbonyl (C=O) groups excluding carboxylic acids is 1.